The highest BCUT2D eigenvalue weighted by molar-refractivity contribution is 5.80. The van der Waals surface area contributed by atoms with Crippen molar-refractivity contribution in [2.75, 3.05) is 6.61 Å². The van der Waals surface area contributed by atoms with Crippen LogP contribution in [0.25, 0.3) is 5.69 Å². The van der Waals surface area contributed by atoms with Gasteiger partial charge >= 0.3 is 0 Å². The molecule has 0 spiro atoms. The van der Waals surface area contributed by atoms with E-state index in [9.17, 15) is 4.79 Å². The van der Waals surface area contributed by atoms with Crippen LogP contribution < -0.4 is 5.32 Å². The molecule has 30 heavy (non-hydrogen) atoms. The average molecular weight is 406 g/mol. The Morgan fingerprint density at radius 2 is 2.03 bits per heavy atom. The molecule has 8 nitrogen and oxygen atoms in total. The maximum atomic E-state index is 13.2. The van der Waals surface area contributed by atoms with E-state index in [4.69, 9.17) is 9.84 Å². The van der Waals surface area contributed by atoms with E-state index in [-0.39, 0.29) is 24.0 Å². The van der Waals surface area contributed by atoms with Crippen LogP contribution in [-0.2, 0) is 22.5 Å². The van der Waals surface area contributed by atoms with Gasteiger partial charge in [-0.1, -0.05) is 18.2 Å². The van der Waals surface area contributed by atoms with Crippen molar-refractivity contribution in [1.29, 1.82) is 0 Å². The van der Waals surface area contributed by atoms with E-state index in [0.717, 1.165) is 41.3 Å². The van der Waals surface area contributed by atoms with Crippen molar-refractivity contribution in [2.45, 2.75) is 51.8 Å². The number of benzene rings is 1. The molecule has 156 valence electrons. The Bertz CT molecular complexity index is 1060. The van der Waals surface area contributed by atoms with Gasteiger partial charge in [0.05, 0.1) is 29.9 Å². The molecule has 0 unspecified atom stereocenters. The van der Waals surface area contributed by atoms with Gasteiger partial charge in [-0.3, -0.25) is 4.79 Å². The molecule has 0 saturated carbocycles. The van der Waals surface area contributed by atoms with Gasteiger partial charge in [-0.05, 0) is 38.8 Å². The molecule has 5 rings (SSSR count). The number of aromatic nitrogens is 5. The smallest absolute Gasteiger partial charge is 0.226 e. The number of nitrogens with zero attached hydrogens (tertiary/aromatic N) is 5. The number of aryl methyl sites for hydroxylation is 2. The molecule has 0 radical (unpaired) electrons. The van der Waals surface area contributed by atoms with Crippen molar-refractivity contribution < 1.29 is 9.53 Å². The average Bonchev–Trinajstić information content (AvgIpc) is 3.47. The topological polar surface area (TPSA) is 86.9 Å². The highest BCUT2D eigenvalue weighted by Gasteiger charge is 2.39. The summed E-state index contributed by atoms with van der Waals surface area (Å²) < 4.78 is 9.90. The molecular weight excluding hydrogens is 380 g/mol. The number of nitrogens with one attached hydrogen (secondary N) is 1. The molecule has 8 heteroatoms. The van der Waals surface area contributed by atoms with Crippen molar-refractivity contribution in [3.63, 3.8) is 0 Å². The van der Waals surface area contributed by atoms with Gasteiger partial charge < -0.3 is 10.1 Å². The molecule has 1 N–H and O–H groups in total. The second-order valence-electron chi connectivity index (χ2n) is 8.12. The van der Waals surface area contributed by atoms with Crippen LogP contribution in [0, 0.1) is 19.8 Å². The number of carbonyl (C=O) groups is 1. The highest BCUT2D eigenvalue weighted by Crippen LogP contribution is 2.38. The molecule has 2 aliphatic heterocycles. The number of para-hydroxylation sites is 1. The normalized spacial score (nSPS) is 23.3. The lowest BCUT2D eigenvalue weighted by Crippen LogP contribution is -2.44. The maximum absolute atomic E-state index is 13.2. The lowest BCUT2D eigenvalue weighted by atomic mass is 9.92. The van der Waals surface area contributed by atoms with Crippen molar-refractivity contribution >= 4 is 5.91 Å². The molecule has 4 heterocycles. The summed E-state index contributed by atoms with van der Waals surface area (Å²) in [4.78, 5) is 17.4. The van der Waals surface area contributed by atoms with Crippen LogP contribution >= 0.6 is 0 Å². The molecule has 0 bridgehead atoms. The van der Waals surface area contributed by atoms with Gasteiger partial charge in [0.15, 0.2) is 0 Å². The minimum atomic E-state index is -0.270. The molecule has 1 aromatic carbocycles. The van der Waals surface area contributed by atoms with Gasteiger partial charge in [0, 0.05) is 30.3 Å². The lowest BCUT2D eigenvalue weighted by Gasteiger charge is -2.26. The number of rotatable bonds is 4. The summed E-state index contributed by atoms with van der Waals surface area (Å²) >= 11 is 0. The lowest BCUT2D eigenvalue weighted by molar-refractivity contribution is -0.127. The molecular formula is C22H26N6O2. The number of hydrogen-bond donors (Lipinski definition) is 1. The zero-order chi connectivity index (χ0) is 20.7. The fourth-order valence-corrected chi connectivity index (χ4v) is 4.69. The summed E-state index contributed by atoms with van der Waals surface area (Å²) in [7, 11) is 0. The predicted octanol–water partition coefficient (Wildman–Crippen LogP) is 2.29. The van der Waals surface area contributed by atoms with Crippen LogP contribution in [0.1, 0.15) is 41.7 Å². The van der Waals surface area contributed by atoms with E-state index >= 15 is 0 Å². The Morgan fingerprint density at radius 3 is 2.87 bits per heavy atom. The summed E-state index contributed by atoms with van der Waals surface area (Å²) in [5.41, 5.74) is 3.97. The fourth-order valence-electron chi connectivity index (χ4n) is 4.69. The monoisotopic (exact) mass is 406 g/mol. The van der Waals surface area contributed by atoms with Crippen LogP contribution in [0.2, 0.25) is 0 Å². The van der Waals surface area contributed by atoms with Gasteiger partial charge in [0.2, 0.25) is 5.91 Å². The summed E-state index contributed by atoms with van der Waals surface area (Å²) in [5.74, 6) is 0.826. The SMILES string of the molecule is Cc1nn(-c2ccccc2)c(C)c1[C@H]1OCC[C@@H]1C(=O)N[C@@H]1CCc2ncnn2C1. The molecule has 1 amide bonds. The third-order valence-electron chi connectivity index (χ3n) is 6.21. The molecule has 3 aromatic rings. The molecule has 1 saturated heterocycles. The van der Waals surface area contributed by atoms with E-state index in [1.165, 1.54) is 0 Å². The van der Waals surface area contributed by atoms with Crippen LogP contribution in [0.15, 0.2) is 36.7 Å². The Hall–Kier alpha value is -3.00. The van der Waals surface area contributed by atoms with Crippen molar-refractivity contribution in [1.82, 2.24) is 29.9 Å². The van der Waals surface area contributed by atoms with E-state index in [2.05, 4.69) is 15.4 Å². The summed E-state index contributed by atoms with van der Waals surface area (Å²) in [6.07, 6.45) is 3.74. The quantitative estimate of drug-likeness (QED) is 0.718. The predicted molar refractivity (Wildman–Crippen MR) is 110 cm³/mol. The van der Waals surface area contributed by atoms with E-state index in [0.29, 0.717) is 19.6 Å². The number of hydrogen-bond acceptors (Lipinski definition) is 5. The number of carbonyl (C=O) groups excluding carboxylic acids is 1. The van der Waals surface area contributed by atoms with Crippen molar-refractivity contribution in [3.05, 3.63) is 59.4 Å². The number of ether oxygens (including phenoxy) is 1. The zero-order valence-corrected chi connectivity index (χ0v) is 17.3. The first-order chi connectivity index (χ1) is 14.6. The van der Waals surface area contributed by atoms with Gasteiger partial charge in [-0.25, -0.2) is 14.3 Å². The number of fused-ring (bicyclic) bond motifs is 1. The standard InChI is InChI=1S/C22H26N6O2/c1-14-20(15(2)28(26-14)17-6-4-3-5-7-17)21-18(10-11-30-21)22(29)25-16-8-9-19-23-13-24-27(19)12-16/h3-7,13,16,18,21H,8-12H2,1-2H3,(H,25,29)/t16-,18+,21+/m1/s1. The van der Waals surface area contributed by atoms with Gasteiger partial charge in [-0.15, -0.1) is 0 Å². The summed E-state index contributed by atoms with van der Waals surface area (Å²) in [5, 5.41) is 12.2. The van der Waals surface area contributed by atoms with Gasteiger partial charge in [-0.2, -0.15) is 10.2 Å². The Labute approximate surface area is 175 Å². The molecule has 2 aliphatic rings. The molecule has 2 aromatic heterocycles. The highest BCUT2D eigenvalue weighted by atomic mass is 16.5. The molecule has 1 fully saturated rings. The minimum absolute atomic E-state index is 0.0531. The Kier molecular flexibility index (Phi) is 4.86. The first-order valence-electron chi connectivity index (χ1n) is 10.5. The van der Waals surface area contributed by atoms with Crippen molar-refractivity contribution in [2.24, 2.45) is 5.92 Å². The second-order valence-corrected chi connectivity index (χ2v) is 8.12. The molecule has 3 atom stereocenters. The first-order valence-corrected chi connectivity index (χ1v) is 10.5. The third-order valence-corrected chi connectivity index (χ3v) is 6.21. The van der Waals surface area contributed by atoms with Crippen LogP contribution in [0.3, 0.4) is 0 Å². The maximum Gasteiger partial charge on any atom is 0.226 e. The van der Waals surface area contributed by atoms with E-state index in [1.54, 1.807) is 6.33 Å². The van der Waals surface area contributed by atoms with Crippen molar-refractivity contribution in [3.8, 4) is 5.69 Å². The van der Waals surface area contributed by atoms with Crippen LogP contribution in [-0.4, -0.2) is 43.1 Å². The first kappa shape index (κ1) is 19.0. The zero-order valence-electron chi connectivity index (χ0n) is 17.3. The van der Waals surface area contributed by atoms with Gasteiger partial charge in [0.25, 0.3) is 0 Å². The molecule has 0 aliphatic carbocycles. The minimum Gasteiger partial charge on any atom is -0.373 e. The largest absolute Gasteiger partial charge is 0.373 e. The Balaban J connectivity index is 1.35. The summed E-state index contributed by atoms with van der Waals surface area (Å²) in [6.45, 7) is 5.29. The van der Waals surface area contributed by atoms with Gasteiger partial charge in [0.1, 0.15) is 12.2 Å². The van der Waals surface area contributed by atoms with E-state index < -0.39 is 0 Å². The summed E-state index contributed by atoms with van der Waals surface area (Å²) in [6, 6.07) is 10.1. The van der Waals surface area contributed by atoms with Crippen LogP contribution in [0.4, 0.5) is 0 Å². The second kappa shape index (κ2) is 7.68. The van der Waals surface area contributed by atoms with E-state index in [1.807, 2.05) is 53.5 Å². The number of amides is 1. The fraction of sp³-hybridized carbons (Fsp3) is 0.455. The van der Waals surface area contributed by atoms with Crippen LogP contribution in [0.5, 0.6) is 0 Å². The Morgan fingerprint density at radius 1 is 1.20 bits per heavy atom. The third kappa shape index (κ3) is 3.31.